The van der Waals surface area contributed by atoms with Crippen LogP contribution in [0.5, 0.6) is 5.75 Å². The molecule has 2 aromatic carbocycles. The molecular weight excluding hydrogens is 436 g/mol. The molecule has 0 aliphatic heterocycles. The zero-order valence-corrected chi connectivity index (χ0v) is 20.0. The molecule has 1 heterocycles. The first kappa shape index (κ1) is 24.2. The number of ether oxygens (including phenoxy) is 1. The number of carbonyl (C=O) groups excluding carboxylic acids is 2. The number of methoxy groups -OCH3 is 1. The standard InChI is InChI=1S/C25H28N4O3S/c1-18(30)29(20-10-6-5-7-11-20)25-27-19(17-33-25)14-15-24(31)26-16-22(28(2)3)21-12-8-9-13-23(21)32-4/h5-15,17,22H,16H2,1-4H3,(H,26,31)/b15-14+. The molecule has 3 rings (SSSR count). The Labute approximate surface area is 198 Å². The minimum atomic E-state index is -0.224. The summed E-state index contributed by atoms with van der Waals surface area (Å²) < 4.78 is 5.47. The Kier molecular flexibility index (Phi) is 8.34. The zero-order chi connectivity index (χ0) is 23.8. The average molecular weight is 465 g/mol. The first-order valence-electron chi connectivity index (χ1n) is 10.5. The Hall–Kier alpha value is -3.49. The number of carbonyl (C=O) groups is 2. The van der Waals surface area contributed by atoms with Gasteiger partial charge in [0.2, 0.25) is 11.8 Å². The highest BCUT2D eigenvalue weighted by Crippen LogP contribution is 2.29. The molecule has 33 heavy (non-hydrogen) atoms. The molecule has 1 N–H and O–H groups in total. The third-order valence-electron chi connectivity index (χ3n) is 5.03. The van der Waals surface area contributed by atoms with E-state index in [0.717, 1.165) is 17.0 Å². The Morgan fingerprint density at radius 2 is 1.82 bits per heavy atom. The van der Waals surface area contributed by atoms with Crippen LogP contribution < -0.4 is 15.0 Å². The predicted octanol–water partition coefficient (Wildman–Crippen LogP) is 4.27. The second-order valence-electron chi connectivity index (χ2n) is 7.54. The fourth-order valence-electron chi connectivity index (χ4n) is 3.39. The summed E-state index contributed by atoms with van der Waals surface area (Å²) in [5.41, 5.74) is 2.36. The summed E-state index contributed by atoms with van der Waals surface area (Å²) in [5.74, 6) is 0.428. The van der Waals surface area contributed by atoms with E-state index in [2.05, 4.69) is 10.3 Å². The van der Waals surface area contributed by atoms with Gasteiger partial charge >= 0.3 is 0 Å². The van der Waals surface area contributed by atoms with Gasteiger partial charge in [-0.05, 0) is 38.4 Å². The van der Waals surface area contributed by atoms with Crippen molar-refractivity contribution in [1.29, 1.82) is 0 Å². The molecule has 0 saturated heterocycles. The van der Waals surface area contributed by atoms with Gasteiger partial charge in [-0.15, -0.1) is 11.3 Å². The third-order valence-corrected chi connectivity index (χ3v) is 5.87. The summed E-state index contributed by atoms with van der Waals surface area (Å²) in [4.78, 5) is 32.7. The Morgan fingerprint density at radius 3 is 2.48 bits per heavy atom. The lowest BCUT2D eigenvalue weighted by molar-refractivity contribution is -0.117. The average Bonchev–Trinajstić information content (AvgIpc) is 3.27. The molecule has 0 spiro atoms. The van der Waals surface area contributed by atoms with Crippen molar-refractivity contribution < 1.29 is 14.3 Å². The molecule has 1 unspecified atom stereocenters. The van der Waals surface area contributed by atoms with Gasteiger partial charge in [-0.1, -0.05) is 36.4 Å². The van der Waals surface area contributed by atoms with Gasteiger partial charge in [0.1, 0.15) is 5.75 Å². The van der Waals surface area contributed by atoms with E-state index in [0.29, 0.717) is 17.4 Å². The number of nitrogens with zero attached hydrogens (tertiary/aromatic N) is 3. The quantitative estimate of drug-likeness (QED) is 0.479. The molecule has 0 fully saturated rings. The van der Waals surface area contributed by atoms with E-state index in [1.165, 1.54) is 24.3 Å². The van der Waals surface area contributed by atoms with Crippen molar-refractivity contribution in [2.45, 2.75) is 13.0 Å². The molecule has 7 nitrogen and oxygen atoms in total. The number of thiazole rings is 1. The summed E-state index contributed by atoms with van der Waals surface area (Å²) in [6.45, 7) is 1.92. The molecule has 0 aliphatic carbocycles. The minimum Gasteiger partial charge on any atom is -0.496 e. The van der Waals surface area contributed by atoms with Crippen LogP contribution in [0.4, 0.5) is 10.8 Å². The zero-order valence-electron chi connectivity index (χ0n) is 19.2. The SMILES string of the molecule is COc1ccccc1C(CNC(=O)/C=C/c1csc(N(C(C)=O)c2ccccc2)n1)N(C)C. The van der Waals surface area contributed by atoms with Crippen LogP contribution in [0.15, 0.2) is 66.1 Å². The number of rotatable bonds is 9. The van der Waals surface area contributed by atoms with Crippen LogP contribution in [0, 0.1) is 0 Å². The summed E-state index contributed by atoms with van der Waals surface area (Å²) in [7, 11) is 5.56. The van der Waals surface area contributed by atoms with Crippen molar-refractivity contribution >= 4 is 40.0 Å². The third kappa shape index (κ3) is 6.27. The molecule has 8 heteroatoms. The van der Waals surface area contributed by atoms with Gasteiger partial charge in [-0.3, -0.25) is 14.5 Å². The van der Waals surface area contributed by atoms with Crippen molar-refractivity contribution in [3.05, 3.63) is 77.3 Å². The number of likely N-dealkylation sites (N-methyl/N-ethyl adjacent to an activating group) is 1. The largest absolute Gasteiger partial charge is 0.496 e. The molecule has 2 amide bonds. The maximum absolute atomic E-state index is 12.5. The first-order chi connectivity index (χ1) is 15.9. The maximum atomic E-state index is 12.5. The number of amides is 2. The monoisotopic (exact) mass is 464 g/mol. The normalized spacial score (nSPS) is 12.0. The maximum Gasteiger partial charge on any atom is 0.244 e. The molecule has 0 bridgehead atoms. The number of aromatic nitrogens is 1. The van der Waals surface area contributed by atoms with E-state index in [-0.39, 0.29) is 17.9 Å². The predicted molar refractivity (Wildman–Crippen MR) is 133 cm³/mol. The number of hydrogen-bond acceptors (Lipinski definition) is 6. The van der Waals surface area contributed by atoms with Gasteiger partial charge in [-0.2, -0.15) is 0 Å². The van der Waals surface area contributed by atoms with Gasteiger partial charge in [0, 0.05) is 30.5 Å². The number of anilines is 2. The highest BCUT2D eigenvalue weighted by Gasteiger charge is 2.19. The molecular formula is C25H28N4O3S. The molecule has 0 radical (unpaired) electrons. The minimum absolute atomic E-state index is 0.0422. The number of hydrogen-bond donors (Lipinski definition) is 1. The molecule has 3 aromatic rings. The Morgan fingerprint density at radius 1 is 1.12 bits per heavy atom. The second-order valence-corrected chi connectivity index (χ2v) is 8.38. The van der Waals surface area contributed by atoms with Crippen molar-refractivity contribution in [2.75, 3.05) is 32.6 Å². The lowest BCUT2D eigenvalue weighted by Crippen LogP contribution is -2.33. The van der Waals surface area contributed by atoms with Crippen molar-refractivity contribution in [2.24, 2.45) is 0 Å². The van der Waals surface area contributed by atoms with E-state index >= 15 is 0 Å². The van der Waals surface area contributed by atoms with E-state index in [1.54, 1.807) is 18.1 Å². The first-order valence-corrected chi connectivity index (χ1v) is 11.3. The van der Waals surface area contributed by atoms with Crippen LogP contribution in [-0.2, 0) is 9.59 Å². The number of nitrogens with one attached hydrogen (secondary N) is 1. The Bertz CT molecular complexity index is 1110. The van der Waals surface area contributed by atoms with Crippen molar-refractivity contribution in [3.8, 4) is 5.75 Å². The van der Waals surface area contributed by atoms with Crippen molar-refractivity contribution in [1.82, 2.24) is 15.2 Å². The highest BCUT2D eigenvalue weighted by molar-refractivity contribution is 7.14. The summed E-state index contributed by atoms with van der Waals surface area (Å²) in [6.07, 6.45) is 3.10. The van der Waals surface area contributed by atoms with E-state index in [9.17, 15) is 9.59 Å². The van der Waals surface area contributed by atoms with Crippen LogP contribution in [0.2, 0.25) is 0 Å². The van der Waals surface area contributed by atoms with Crippen LogP contribution in [0.1, 0.15) is 24.2 Å². The summed E-state index contributed by atoms with van der Waals surface area (Å²) >= 11 is 1.35. The van der Waals surface area contributed by atoms with Crippen LogP contribution >= 0.6 is 11.3 Å². The van der Waals surface area contributed by atoms with E-state index < -0.39 is 0 Å². The van der Waals surface area contributed by atoms with Crippen LogP contribution in [0.25, 0.3) is 6.08 Å². The molecule has 0 saturated carbocycles. The fraction of sp³-hybridized carbons (Fsp3) is 0.240. The topological polar surface area (TPSA) is 74.8 Å². The van der Waals surface area contributed by atoms with Crippen LogP contribution in [-0.4, -0.2) is 49.4 Å². The van der Waals surface area contributed by atoms with Gasteiger partial charge in [0.05, 0.1) is 24.5 Å². The van der Waals surface area contributed by atoms with Gasteiger partial charge in [0.25, 0.3) is 0 Å². The number of benzene rings is 2. The van der Waals surface area contributed by atoms with E-state index in [4.69, 9.17) is 4.74 Å². The van der Waals surface area contributed by atoms with Gasteiger partial charge in [0.15, 0.2) is 5.13 Å². The van der Waals surface area contributed by atoms with Gasteiger partial charge in [-0.25, -0.2) is 4.98 Å². The summed E-state index contributed by atoms with van der Waals surface area (Å²) in [5, 5.41) is 5.31. The summed E-state index contributed by atoms with van der Waals surface area (Å²) in [6, 6.07) is 17.1. The van der Waals surface area contributed by atoms with Gasteiger partial charge < -0.3 is 15.0 Å². The van der Waals surface area contributed by atoms with E-state index in [1.807, 2.05) is 79.0 Å². The molecule has 1 aromatic heterocycles. The lowest BCUT2D eigenvalue weighted by atomic mass is 10.0. The Balaban J connectivity index is 1.66. The molecule has 0 aliphatic rings. The van der Waals surface area contributed by atoms with Crippen LogP contribution in [0.3, 0.4) is 0 Å². The highest BCUT2D eigenvalue weighted by atomic mass is 32.1. The van der Waals surface area contributed by atoms with Crippen molar-refractivity contribution in [3.63, 3.8) is 0 Å². The smallest absolute Gasteiger partial charge is 0.244 e. The lowest BCUT2D eigenvalue weighted by Gasteiger charge is -2.26. The molecule has 172 valence electrons. The number of para-hydroxylation sites is 2. The fourth-order valence-corrected chi connectivity index (χ4v) is 4.24. The second kappa shape index (κ2) is 11.4. The molecule has 1 atom stereocenters.